The van der Waals surface area contributed by atoms with E-state index >= 15 is 0 Å². The molecule has 0 radical (unpaired) electrons. The molecule has 3 N–H and O–H groups in total. The molecular weight excluding hydrogens is 298 g/mol. The van der Waals surface area contributed by atoms with Crippen molar-refractivity contribution in [1.82, 2.24) is 15.0 Å². The lowest BCUT2D eigenvalue weighted by Gasteiger charge is -2.16. The predicted molar refractivity (Wildman–Crippen MR) is 97.7 cm³/mol. The van der Waals surface area contributed by atoms with Gasteiger partial charge in [0.2, 0.25) is 0 Å². The van der Waals surface area contributed by atoms with Gasteiger partial charge in [0.1, 0.15) is 18.0 Å². The van der Waals surface area contributed by atoms with Crippen molar-refractivity contribution < 1.29 is 0 Å². The van der Waals surface area contributed by atoms with Crippen molar-refractivity contribution in [3.05, 3.63) is 66.5 Å². The average Bonchev–Trinajstić information content (AvgIpc) is 2.61. The zero-order valence-corrected chi connectivity index (χ0v) is 13.3. The van der Waals surface area contributed by atoms with Gasteiger partial charge in [0.15, 0.2) is 5.65 Å². The minimum absolute atomic E-state index is 0.102. The van der Waals surface area contributed by atoms with Crippen LogP contribution in [-0.4, -0.2) is 15.0 Å². The van der Waals surface area contributed by atoms with E-state index in [2.05, 4.69) is 69.7 Å². The second-order valence-corrected chi connectivity index (χ2v) is 5.80. The van der Waals surface area contributed by atoms with Crippen LogP contribution < -0.4 is 11.1 Å². The molecule has 1 atom stereocenters. The summed E-state index contributed by atoms with van der Waals surface area (Å²) < 4.78 is 0. The predicted octanol–water partition coefficient (Wildman–Crippen LogP) is 3.93. The van der Waals surface area contributed by atoms with E-state index in [4.69, 9.17) is 5.73 Å². The SMILES string of the molecule is CC(Nc1ncnc2nc(N)ccc12)c1ccc2ccccc2c1. The highest BCUT2D eigenvalue weighted by Gasteiger charge is 2.10. The maximum Gasteiger partial charge on any atom is 0.166 e. The Hall–Kier alpha value is -3.21. The number of nitrogens with zero attached hydrogens (tertiary/aromatic N) is 3. The highest BCUT2D eigenvalue weighted by Crippen LogP contribution is 2.25. The molecular formula is C19H17N5. The Labute approximate surface area is 139 Å². The molecule has 2 aromatic carbocycles. The first-order valence-electron chi connectivity index (χ1n) is 7.83. The molecule has 5 nitrogen and oxygen atoms in total. The van der Waals surface area contributed by atoms with Crippen LogP contribution in [0.4, 0.5) is 11.6 Å². The standard InChI is InChI=1S/C19H17N5/c1-12(14-7-6-13-4-2-3-5-15(13)10-14)23-18-16-8-9-17(20)24-19(16)22-11-21-18/h2-12H,1H3,(H3,20,21,22,23,24). The van der Waals surface area contributed by atoms with Gasteiger partial charge in [-0.05, 0) is 41.5 Å². The molecule has 4 rings (SSSR count). The van der Waals surface area contributed by atoms with Crippen molar-refractivity contribution in [1.29, 1.82) is 0 Å². The molecule has 2 heterocycles. The summed E-state index contributed by atoms with van der Waals surface area (Å²) in [5.74, 6) is 1.21. The van der Waals surface area contributed by atoms with E-state index in [-0.39, 0.29) is 6.04 Å². The number of benzene rings is 2. The van der Waals surface area contributed by atoms with Gasteiger partial charge in [-0.15, -0.1) is 0 Å². The summed E-state index contributed by atoms with van der Waals surface area (Å²) in [7, 11) is 0. The first-order valence-corrected chi connectivity index (χ1v) is 7.83. The Morgan fingerprint density at radius 2 is 1.79 bits per heavy atom. The molecule has 118 valence electrons. The summed E-state index contributed by atoms with van der Waals surface area (Å²) in [4.78, 5) is 12.8. The molecule has 0 amide bonds. The number of nitrogens with one attached hydrogen (secondary N) is 1. The van der Waals surface area contributed by atoms with Gasteiger partial charge in [0, 0.05) is 6.04 Å². The minimum Gasteiger partial charge on any atom is -0.384 e. The van der Waals surface area contributed by atoms with Crippen LogP contribution in [0, 0.1) is 0 Å². The highest BCUT2D eigenvalue weighted by atomic mass is 15.1. The monoisotopic (exact) mass is 315 g/mol. The Morgan fingerprint density at radius 1 is 0.958 bits per heavy atom. The van der Waals surface area contributed by atoms with E-state index < -0.39 is 0 Å². The smallest absolute Gasteiger partial charge is 0.166 e. The van der Waals surface area contributed by atoms with Crippen molar-refractivity contribution in [3.8, 4) is 0 Å². The fourth-order valence-corrected chi connectivity index (χ4v) is 2.84. The number of nitrogen functional groups attached to an aromatic ring is 1. The normalized spacial score (nSPS) is 12.4. The molecule has 0 saturated heterocycles. The second-order valence-electron chi connectivity index (χ2n) is 5.80. The van der Waals surface area contributed by atoms with Gasteiger partial charge in [-0.3, -0.25) is 0 Å². The van der Waals surface area contributed by atoms with E-state index in [1.807, 2.05) is 6.07 Å². The zero-order chi connectivity index (χ0) is 16.5. The third-order valence-corrected chi connectivity index (χ3v) is 4.15. The number of aromatic nitrogens is 3. The highest BCUT2D eigenvalue weighted by molar-refractivity contribution is 5.87. The number of anilines is 2. The van der Waals surface area contributed by atoms with Gasteiger partial charge < -0.3 is 11.1 Å². The number of pyridine rings is 1. The van der Waals surface area contributed by atoms with Crippen LogP contribution in [0.25, 0.3) is 21.8 Å². The van der Waals surface area contributed by atoms with Crippen molar-refractivity contribution in [2.75, 3.05) is 11.1 Å². The molecule has 0 aliphatic carbocycles. The molecule has 1 unspecified atom stereocenters. The summed E-state index contributed by atoms with van der Waals surface area (Å²) >= 11 is 0. The van der Waals surface area contributed by atoms with Crippen LogP contribution in [0.5, 0.6) is 0 Å². The molecule has 0 saturated carbocycles. The quantitative estimate of drug-likeness (QED) is 0.599. The fraction of sp³-hybridized carbons (Fsp3) is 0.105. The first kappa shape index (κ1) is 14.4. The third-order valence-electron chi connectivity index (χ3n) is 4.15. The van der Waals surface area contributed by atoms with E-state index in [9.17, 15) is 0 Å². The molecule has 0 spiro atoms. The van der Waals surface area contributed by atoms with Crippen molar-refractivity contribution >= 4 is 33.4 Å². The number of hydrogen-bond acceptors (Lipinski definition) is 5. The lowest BCUT2D eigenvalue weighted by Crippen LogP contribution is -2.09. The number of fused-ring (bicyclic) bond motifs is 2. The zero-order valence-electron chi connectivity index (χ0n) is 13.3. The van der Waals surface area contributed by atoms with Gasteiger partial charge in [0.25, 0.3) is 0 Å². The summed E-state index contributed by atoms with van der Waals surface area (Å²) in [6.45, 7) is 2.11. The van der Waals surface area contributed by atoms with Crippen molar-refractivity contribution in [2.24, 2.45) is 0 Å². The maximum absolute atomic E-state index is 5.73. The van der Waals surface area contributed by atoms with Crippen LogP contribution in [0.1, 0.15) is 18.5 Å². The van der Waals surface area contributed by atoms with E-state index in [0.29, 0.717) is 11.5 Å². The van der Waals surface area contributed by atoms with E-state index in [1.54, 1.807) is 6.07 Å². The first-order chi connectivity index (χ1) is 11.7. The Morgan fingerprint density at radius 3 is 2.67 bits per heavy atom. The summed E-state index contributed by atoms with van der Waals surface area (Å²) in [5.41, 5.74) is 7.52. The Kier molecular flexibility index (Phi) is 3.46. The van der Waals surface area contributed by atoms with Gasteiger partial charge in [0.05, 0.1) is 5.39 Å². The summed E-state index contributed by atoms with van der Waals surface area (Å²) in [6, 6.07) is 18.6. The Balaban J connectivity index is 1.69. The fourth-order valence-electron chi connectivity index (χ4n) is 2.84. The molecule has 2 aromatic heterocycles. The molecule has 24 heavy (non-hydrogen) atoms. The van der Waals surface area contributed by atoms with Crippen molar-refractivity contribution in [2.45, 2.75) is 13.0 Å². The molecule has 0 aliphatic rings. The Bertz CT molecular complexity index is 1030. The molecule has 0 aliphatic heterocycles. The average molecular weight is 315 g/mol. The lowest BCUT2D eigenvalue weighted by atomic mass is 10.0. The number of nitrogens with two attached hydrogens (primary N) is 1. The van der Waals surface area contributed by atoms with Gasteiger partial charge in [-0.25, -0.2) is 15.0 Å². The minimum atomic E-state index is 0.102. The summed E-state index contributed by atoms with van der Waals surface area (Å²) in [5, 5.41) is 6.78. The van der Waals surface area contributed by atoms with Gasteiger partial charge >= 0.3 is 0 Å². The molecule has 5 heteroatoms. The lowest BCUT2D eigenvalue weighted by molar-refractivity contribution is 0.877. The van der Waals surface area contributed by atoms with Crippen LogP contribution in [0.15, 0.2) is 60.9 Å². The van der Waals surface area contributed by atoms with Gasteiger partial charge in [-0.2, -0.15) is 0 Å². The number of rotatable bonds is 3. The number of hydrogen-bond donors (Lipinski definition) is 2. The van der Waals surface area contributed by atoms with Crippen molar-refractivity contribution in [3.63, 3.8) is 0 Å². The van der Waals surface area contributed by atoms with Crippen LogP contribution in [0.2, 0.25) is 0 Å². The van der Waals surface area contributed by atoms with E-state index in [0.717, 1.165) is 11.2 Å². The largest absolute Gasteiger partial charge is 0.384 e. The molecule has 4 aromatic rings. The summed E-state index contributed by atoms with van der Waals surface area (Å²) in [6.07, 6.45) is 1.50. The van der Waals surface area contributed by atoms with Gasteiger partial charge in [-0.1, -0.05) is 36.4 Å². The van der Waals surface area contributed by atoms with Crippen LogP contribution in [-0.2, 0) is 0 Å². The topological polar surface area (TPSA) is 76.7 Å². The molecule has 0 fully saturated rings. The molecule has 0 bridgehead atoms. The van der Waals surface area contributed by atoms with Crippen LogP contribution in [0.3, 0.4) is 0 Å². The third kappa shape index (κ3) is 2.60. The van der Waals surface area contributed by atoms with E-state index in [1.165, 1.54) is 22.7 Å². The maximum atomic E-state index is 5.73. The van der Waals surface area contributed by atoms with Crippen LogP contribution >= 0.6 is 0 Å². The second kappa shape index (κ2) is 5.77.